The van der Waals surface area contributed by atoms with Crippen molar-refractivity contribution in [1.29, 1.82) is 5.26 Å². The lowest BCUT2D eigenvalue weighted by molar-refractivity contribution is 0.620. The molecule has 184 valence electrons. The highest BCUT2D eigenvalue weighted by molar-refractivity contribution is 6.34. The topological polar surface area (TPSA) is 123 Å². The molecule has 0 fully saturated rings. The molecular weight excluding hydrogens is 499 g/mol. The van der Waals surface area contributed by atoms with Crippen molar-refractivity contribution in [3.8, 4) is 11.8 Å². The molecule has 10 nitrogen and oxygen atoms in total. The third-order valence-corrected chi connectivity index (χ3v) is 5.95. The molecule has 5 aromatic rings. The zero-order valence-electron chi connectivity index (χ0n) is 19.6. The molecule has 0 saturated heterocycles. The Morgan fingerprint density at radius 2 is 1.97 bits per heavy atom. The van der Waals surface area contributed by atoms with E-state index < -0.39 is 17.2 Å². The van der Waals surface area contributed by atoms with Crippen molar-refractivity contribution in [2.45, 2.75) is 13.5 Å². The van der Waals surface area contributed by atoms with Gasteiger partial charge in [-0.15, -0.1) is 0 Å². The molecule has 0 unspecified atom stereocenters. The molecular formula is C25H18ClFN8O2. The summed E-state index contributed by atoms with van der Waals surface area (Å²) in [6, 6.07) is 10.7. The van der Waals surface area contributed by atoms with Gasteiger partial charge in [0, 0.05) is 24.8 Å². The van der Waals surface area contributed by atoms with Crippen LogP contribution in [0.3, 0.4) is 0 Å². The van der Waals surface area contributed by atoms with Crippen molar-refractivity contribution in [1.82, 2.24) is 28.9 Å². The Morgan fingerprint density at radius 1 is 1.16 bits per heavy atom. The Morgan fingerprint density at radius 3 is 2.73 bits per heavy atom. The maximum absolute atomic E-state index is 13.9. The maximum Gasteiger partial charge on any atom is 0.359 e. The van der Waals surface area contributed by atoms with Crippen molar-refractivity contribution in [2.24, 2.45) is 7.05 Å². The van der Waals surface area contributed by atoms with E-state index in [1.807, 2.05) is 0 Å². The summed E-state index contributed by atoms with van der Waals surface area (Å²) >= 11 is 6.46. The first-order valence-electron chi connectivity index (χ1n) is 11.0. The van der Waals surface area contributed by atoms with E-state index in [4.69, 9.17) is 11.6 Å². The van der Waals surface area contributed by atoms with E-state index >= 15 is 0 Å². The van der Waals surface area contributed by atoms with E-state index in [2.05, 4.69) is 20.4 Å². The van der Waals surface area contributed by atoms with Gasteiger partial charge in [-0.2, -0.15) is 15.3 Å². The molecule has 0 radical (unpaired) electrons. The average Bonchev–Trinajstić information content (AvgIpc) is 3.21. The third-order valence-electron chi connectivity index (χ3n) is 5.64. The standard InChI is InChI=1S/C25H18ClFN8O2/c1-14-5-18(11-29-10-14)35-24(36)31-23(30-22-7-17-13-33(2)32-21(17)8-19(22)26)34(25(35)37)12-15-3-4-20(27)16(6-15)9-28/h3-8,10-11,13H,12H2,1-2H3,(H,30,31,36). The number of nitrogens with zero attached hydrogens (tertiary/aromatic N) is 7. The van der Waals surface area contributed by atoms with Crippen LogP contribution in [-0.2, 0) is 13.6 Å². The fraction of sp³-hybridized carbons (Fsp3) is 0.120. The number of benzene rings is 2. The SMILES string of the molecule is Cc1cncc(-n2c(=O)nc(Nc3cc4cn(C)nc4cc3Cl)n(Cc3ccc(F)c(C#N)c3)c2=O)c1. The van der Waals surface area contributed by atoms with Gasteiger partial charge in [-0.05, 0) is 48.4 Å². The van der Waals surface area contributed by atoms with Crippen LogP contribution in [0.25, 0.3) is 16.6 Å². The smallest absolute Gasteiger partial charge is 0.324 e. The van der Waals surface area contributed by atoms with E-state index in [1.165, 1.54) is 22.9 Å². The van der Waals surface area contributed by atoms with Gasteiger partial charge in [0.25, 0.3) is 0 Å². The first-order chi connectivity index (χ1) is 17.7. The number of aromatic nitrogens is 6. The van der Waals surface area contributed by atoms with E-state index in [9.17, 15) is 19.2 Å². The van der Waals surface area contributed by atoms with Gasteiger partial charge in [0.15, 0.2) is 0 Å². The lowest BCUT2D eigenvalue weighted by Crippen LogP contribution is -2.41. The lowest BCUT2D eigenvalue weighted by atomic mass is 10.1. The number of pyridine rings is 1. The highest BCUT2D eigenvalue weighted by atomic mass is 35.5. The van der Waals surface area contributed by atoms with Gasteiger partial charge in [0.1, 0.15) is 11.9 Å². The molecule has 37 heavy (non-hydrogen) atoms. The van der Waals surface area contributed by atoms with Gasteiger partial charge in [-0.1, -0.05) is 17.7 Å². The number of aryl methyl sites for hydroxylation is 2. The van der Waals surface area contributed by atoms with Crippen LogP contribution in [0.5, 0.6) is 0 Å². The molecule has 0 amide bonds. The summed E-state index contributed by atoms with van der Waals surface area (Å²) < 4.78 is 17.7. The van der Waals surface area contributed by atoms with Crippen molar-refractivity contribution in [3.05, 3.63) is 103 Å². The zero-order valence-corrected chi connectivity index (χ0v) is 20.4. The van der Waals surface area contributed by atoms with Crippen LogP contribution in [0.15, 0.2) is 64.6 Å². The molecule has 5 rings (SSSR count). The van der Waals surface area contributed by atoms with Crippen LogP contribution < -0.4 is 16.7 Å². The number of rotatable bonds is 5. The summed E-state index contributed by atoms with van der Waals surface area (Å²) in [5, 5.41) is 17.6. The molecule has 2 aromatic carbocycles. The molecule has 0 saturated carbocycles. The Kier molecular flexibility index (Phi) is 6.02. The fourth-order valence-corrected chi connectivity index (χ4v) is 4.14. The van der Waals surface area contributed by atoms with Crippen molar-refractivity contribution in [2.75, 3.05) is 5.32 Å². The maximum atomic E-state index is 13.9. The summed E-state index contributed by atoms with van der Waals surface area (Å²) in [5.74, 6) is -0.762. The highest BCUT2D eigenvalue weighted by Gasteiger charge is 2.18. The van der Waals surface area contributed by atoms with Crippen molar-refractivity contribution in [3.63, 3.8) is 0 Å². The van der Waals surface area contributed by atoms with Gasteiger partial charge in [0.05, 0.1) is 40.2 Å². The molecule has 0 atom stereocenters. The summed E-state index contributed by atoms with van der Waals surface area (Å²) in [7, 11) is 1.78. The summed E-state index contributed by atoms with van der Waals surface area (Å²) in [5.41, 5.74) is 0.791. The van der Waals surface area contributed by atoms with Gasteiger partial charge in [0.2, 0.25) is 5.95 Å². The number of hydrogen-bond acceptors (Lipinski definition) is 7. The summed E-state index contributed by atoms with van der Waals surface area (Å²) in [4.78, 5) is 34.9. The molecule has 0 spiro atoms. The van der Waals surface area contributed by atoms with Gasteiger partial charge < -0.3 is 5.32 Å². The number of halogens is 2. The fourth-order valence-electron chi connectivity index (χ4n) is 3.94. The normalized spacial score (nSPS) is 11.0. The Hall–Kier alpha value is -4.82. The van der Waals surface area contributed by atoms with Crippen LogP contribution in [0.4, 0.5) is 16.0 Å². The Bertz CT molecular complexity index is 1850. The second kappa shape index (κ2) is 9.33. The predicted octanol–water partition coefficient (Wildman–Crippen LogP) is 3.44. The van der Waals surface area contributed by atoms with Crippen LogP contribution in [0, 0.1) is 24.1 Å². The monoisotopic (exact) mass is 516 g/mol. The van der Waals surface area contributed by atoms with Crippen LogP contribution in [0.2, 0.25) is 5.02 Å². The first-order valence-corrected chi connectivity index (χ1v) is 11.4. The predicted molar refractivity (Wildman–Crippen MR) is 136 cm³/mol. The minimum absolute atomic E-state index is 0.0835. The van der Waals surface area contributed by atoms with Crippen molar-refractivity contribution < 1.29 is 4.39 Å². The number of nitriles is 1. The molecule has 1 N–H and O–H groups in total. The van der Waals surface area contributed by atoms with Gasteiger partial charge in [-0.25, -0.2) is 18.5 Å². The largest absolute Gasteiger partial charge is 0.359 e. The molecule has 0 aliphatic carbocycles. The second-order valence-corrected chi connectivity index (χ2v) is 8.79. The second-order valence-electron chi connectivity index (χ2n) is 8.39. The van der Waals surface area contributed by atoms with E-state index in [0.29, 0.717) is 21.8 Å². The van der Waals surface area contributed by atoms with Gasteiger partial charge in [-0.3, -0.25) is 14.2 Å². The minimum atomic E-state index is -0.827. The summed E-state index contributed by atoms with van der Waals surface area (Å²) in [6.07, 6.45) is 4.77. The Balaban J connectivity index is 1.69. The lowest BCUT2D eigenvalue weighted by Gasteiger charge is -2.16. The molecule has 0 aliphatic rings. The van der Waals surface area contributed by atoms with E-state index in [0.717, 1.165) is 21.6 Å². The Labute approximate surface area is 213 Å². The molecule has 3 aromatic heterocycles. The molecule has 3 heterocycles. The van der Waals surface area contributed by atoms with Crippen LogP contribution in [0.1, 0.15) is 16.7 Å². The van der Waals surface area contributed by atoms with Crippen LogP contribution >= 0.6 is 11.6 Å². The molecule has 0 aliphatic heterocycles. The minimum Gasteiger partial charge on any atom is -0.324 e. The number of fused-ring (bicyclic) bond motifs is 1. The third kappa shape index (κ3) is 4.57. The first kappa shape index (κ1) is 23.9. The number of anilines is 2. The molecule has 12 heteroatoms. The highest BCUT2D eigenvalue weighted by Crippen LogP contribution is 2.29. The van der Waals surface area contributed by atoms with E-state index in [-0.39, 0.29) is 23.7 Å². The van der Waals surface area contributed by atoms with E-state index in [1.54, 1.807) is 55.3 Å². The zero-order chi connectivity index (χ0) is 26.3. The number of hydrogen-bond donors (Lipinski definition) is 1. The average molecular weight is 517 g/mol. The molecule has 0 bridgehead atoms. The quantitative estimate of drug-likeness (QED) is 0.379. The summed E-state index contributed by atoms with van der Waals surface area (Å²) in [6.45, 7) is 1.66. The van der Waals surface area contributed by atoms with Crippen LogP contribution in [-0.4, -0.2) is 28.9 Å². The number of nitrogens with one attached hydrogen (secondary N) is 1. The van der Waals surface area contributed by atoms with Gasteiger partial charge >= 0.3 is 11.4 Å². The van der Waals surface area contributed by atoms with Crippen molar-refractivity contribution >= 4 is 34.1 Å².